The highest BCUT2D eigenvalue weighted by atomic mass is 16.5. The van der Waals surface area contributed by atoms with Gasteiger partial charge in [-0.2, -0.15) is 0 Å². The summed E-state index contributed by atoms with van der Waals surface area (Å²) < 4.78 is 5.18. The third-order valence-corrected chi connectivity index (χ3v) is 1.51. The molecular formula is C7H19NO3. The van der Waals surface area contributed by atoms with E-state index in [2.05, 4.69) is 0 Å². The van der Waals surface area contributed by atoms with E-state index in [9.17, 15) is 0 Å². The third-order valence-electron chi connectivity index (χ3n) is 1.51. The molecule has 0 rings (SSSR count). The van der Waals surface area contributed by atoms with E-state index < -0.39 is 0 Å². The van der Waals surface area contributed by atoms with Crippen LogP contribution in [0.25, 0.3) is 0 Å². The molecule has 0 radical (unpaired) electrons. The Morgan fingerprint density at radius 3 is 2.27 bits per heavy atom. The largest absolute Gasteiger partial charge is 0.412 e. The Labute approximate surface area is 67.7 Å². The van der Waals surface area contributed by atoms with Crippen molar-refractivity contribution in [2.75, 3.05) is 13.2 Å². The van der Waals surface area contributed by atoms with Crippen LogP contribution in [0.3, 0.4) is 0 Å². The molecule has 5 N–H and O–H groups in total. The number of ether oxygens (including phenoxy) is 1. The zero-order valence-electron chi connectivity index (χ0n) is 7.42. The second kappa shape index (κ2) is 5.49. The molecule has 0 saturated heterocycles. The Balaban J connectivity index is 0. The second-order valence-corrected chi connectivity index (χ2v) is 3.06. The van der Waals surface area contributed by atoms with Gasteiger partial charge in [-0.05, 0) is 20.8 Å². The van der Waals surface area contributed by atoms with Gasteiger partial charge in [-0.1, -0.05) is 0 Å². The zero-order chi connectivity index (χ0) is 8.20. The highest BCUT2D eigenvalue weighted by molar-refractivity contribution is 4.79. The van der Waals surface area contributed by atoms with E-state index in [0.717, 1.165) is 0 Å². The van der Waals surface area contributed by atoms with Crippen molar-refractivity contribution in [2.24, 2.45) is 5.73 Å². The molecule has 70 valence electrons. The van der Waals surface area contributed by atoms with E-state index in [1.54, 1.807) is 0 Å². The summed E-state index contributed by atoms with van der Waals surface area (Å²) in [7, 11) is 0. The van der Waals surface area contributed by atoms with Crippen molar-refractivity contribution in [2.45, 2.75) is 32.4 Å². The van der Waals surface area contributed by atoms with Crippen molar-refractivity contribution in [1.29, 1.82) is 0 Å². The van der Waals surface area contributed by atoms with Gasteiger partial charge in [0, 0.05) is 5.54 Å². The first kappa shape index (κ1) is 13.4. The molecule has 0 aromatic rings. The molecule has 11 heavy (non-hydrogen) atoms. The first-order chi connectivity index (χ1) is 4.48. The van der Waals surface area contributed by atoms with Crippen molar-refractivity contribution in [3.05, 3.63) is 0 Å². The molecule has 0 aliphatic heterocycles. The highest BCUT2D eigenvalue weighted by Crippen LogP contribution is 2.07. The quantitative estimate of drug-likeness (QED) is 0.577. The normalized spacial score (nSPS) is 13.9. The zero-order valence-corrected chi connectivity index (χ0v) is 7.42. The minimum Gasteiger partial charge on any atom is -0.412 e. The van der Waals surface area contributed by atoms with Crippen LogP contribution < -0.4 is 5.73 Å². The summed E-state index contributed by atoms with van der Waals surface area (Å²) >= 11 is 0. The summed E-state index contributed by atoms with van der Waals surface area (Å²) in [5.74, 6) is 0. The van der Waals surface area contributed by atoms with E-state index in [1.807, 2.05) is 20.8 Å². The van der Waals surface area contributed by atoms with Crippen molar-refractivity contribution in [1.82, 2.24) is 0 Å². The van der Waals surface area contributed by atoms with Crippen LogP contribution in [0.15, 0.2) is 0 Å². The van der Waals surface area contributed by atoms with Gasteiger partial charge in [0.25, 0.3) is 0 Å². The maximum atomic E-state index is 8.42. The molecule has 0 aromatic carbocycles. The van der Waals surface area contributed by atoms with Crippen LogP contribution in [0.4, 0.5) is 0 Å². The number of hydrogen-bond donors (Lipinski definition) is 2. The Morgan fingerprint density at radius 2 is 2.00 bits per heavy atom. The number of nitrogens with two attached hydrogens (primary N) is 1. The van der Waals surface area contributed by atoms with Gasteiger partial charge in [-0.15, -0.1) is 0 Å². The molecule has 1 atom stereocenters. The Kier molecular flexibility index (Phi) is 6.70. The first-order valence-corrected chi connectivity index (χ1v) is 3.50. The minimum atomic E-state index is -0.324. The van der Waals surface area contributed by atoms with E-state index in [4.69, 9.17) is 15.6 Å². The average Bonchev–Trinajstić information content (AvgIpc) is 1.80. The van der Waals surface area contributed by atoms with Gasteiger partial charge in [0.1, 0.15) is 0 Å². The molecule has 4 nitrogen and oxygen atoms in total. The van der Waals surface area contributed by atoms with Crippen molar-refractivity contribution >= 4 is 0 Å². The van der Waals surface area contributed by atoms with Crippen molar-refractivity contribution in [3.8, 4) is 0 Å². The lowest BCUT2D eigenvalue weighted by Crippen LogP contribution is -2.45. The fraction of sp³-hybridized carbons (Fsp3) is 1.00. The van der Waals surface area contributed by atoms with Crippen LogP contribution in [0.5, 0.6) is 0 Å². The van der Waals surface area contributed by atoms with Crippen LogP contribution in [-0.4, -0.2) is 35.4 Å². The Morgan fingerprint density at radius 1 is 1.55 bits per heavy atom. The molecule has 0 aliphatic carbocycles. The van der Waals surface area contributed by atoms with Crippen LogP contribution in [0.2, 0.25) is 0 Å². The van der Waals surface area contributed by atoms with E-state index in [1.165, 1.54) is 0 Å². The van der Waals surface area contributed by atoms with Gasteiger partial charge < -0.3 is 21.1 Å². The molecule has 0 spiro atoms. The summed E-state index contributed by atoms with van der Waals surface area (Å²) in [6.07, 6.45) is -0.0142. The molecule has 0 bridgehead atoms. The van der Waals surface area contributed by atoms with Crippen LogP contribution in [0.1, 0.15) is 20.8 Å². The second-order valence-electron chi connectivity index (χ2n) is 3.06. The van der Waals surface area contributed by atoms with Gasteiger partial charge in [0.05, 0.1) is 19.3 Å². The topological polar surface area (TPSA) is 87.0 Å². The monoisotopic (exact) mass is 165 g/mol. The summed E-state index contributed by atoms with van der Waals surface area (Å²) in [6, 6.07) is 0. The Hall–Kier alpha value is -0.160. The van der Waals surface area contributed by atoms with E-state index >= 15 is 0 Å². The van der Waals surface area contributed by atoms with Gasteiger partial charge in [-0.25, -0.2) is 0 Å². The van der Waals surface area contributed by atoms with E-state index in [0.29, 0.717) is 6.61 Å². The third kappa shape index (κ3) is 6.25. The number of rotatable bonds is 4. The lowest BCUT2D eigenvalue weighted by atomic mass is 10.0. The van der Waals surface area contributed by atoms with Crippen molar-refractivity contribution < 1.29 is 15.3 Å². The molecule has 0 fully saturated rings. The first-order valence-electron chi connectivity index (χ1n) is 3.50. The molecule has 0 aromatic heterocycles. The summed E-state index contributed by atoms with van der Waals surface area (Å²) in [4.78, 5) is 0. The molecule has 0 amide bonds. The highest BCUT2D eigenvalue weighted by Gasteiger charge is 2.20. The molecule has 0 heterocycles. The van der Waals surface area contributed by atoms with Crippen LogP contribution in [0, 0.1) is 0 Å². The molecular weight excluding hydrogens is 146 g/mol. The number of aliphatic hydroxyl groups excluding tert-OH is 1. The summed E-state index contributed by atoms with van der Waals surface area (Å²) in [6.45, 7) is 6.11. The standard InChI is InChI=1S/C7H17NO2.H2O/c1-6(7(2,3)8)10-5-4-9;/h6,9H,4-5,8H2,1-3H3;1H2. The molecule has 4 heteroatoms. The van der Waals surface area contributed by atoms with Gasteiger partial charge in [0.2, 0.25) is 0 Å². The fourth-order valence-electron chi connectivity index (χ4n) is 0.444. The van der Waals surface area contributed by atoms with E-state index in [-0.39, 0.29) is 23.7 Å². The minimum absolute atomic E-state index is 0. The maximum absolute atomic E-state index is 8.42. The van der Waals surface area contributed by atoms with Gasteiger partial charge in [0.15, 0.2) is 0 Å². The predicted molar refractivity (Wildman–Crippen MR) is 44.4 cm³/mol. The predicted octanol–water partition coefficient (Wildman–Crippen LogP) is -0.704. The van der Waals surface area contributed by atoms with Gasteiger partial charge in [-0.3, -0.25) is 0 Å². The number of hydrogen-bond acceptors (Lipinski definition) is 3. The lowest BCUT2D eigenvalue weighted by molar-refractivity contribution is 0.00420. The summed E-state index contributed by atoms with van der Waals surface area (Å²) in [5.41, 5.74) is 5.39. The average molecular weight is 165 g/mol. The molecule has 0 aliphatic rings. The smallest absolute Gasteiger partial charge is 0.0722 e. The summed E-state index contributed by atoms with van der Waals surface area (Å²) in [5, 5.41) is 8.42. The fourth-order valence-corrected chi connectivity index (χ4v) is 0.444. The van der Waals surface area contributed by atoms with Crippen molar-refractivity contribution in [3.63, 3.8) is 0 Å². The SMILES string of the molecule is CC(OCCO)C(C)(C)N.O. The number of aliphatic hydroxyl groups is 1. The van der Waals surface area contributed by atoms with Crippen LogP contribution in [-0.2, 0) is 4.74 Å². The van der Waals surface area contributed by atoms with Crippen LogP contribution >= 0.6 is 0 Å². The molecule has 0 saturated carbocycles. The Bertz CT molecular complexity index is 90.2. The molecule has 1 unspecified atom stereocenters. The van der Waals surface area contributed by atoms with Gasteiger partial charge >= 0.3 is 0 Å². The maximum Gasteiger partial charge on any atom is 0.0722 e. The lowest BCUT2D eigenvalue weighted by Gasteiger charge is -2.26.